The number of hydrogen-bond donors (Lipinski definition) is 2. The molecule has 0 saturated carbocycles. The molecule has 22 heavy (non-hydrogen) atoms. The number of nitrogens with one attached hydrogen (secondary N) is 2. The molecule has 3 unspecified atom stereocenters. The van der Waals surface area contributed by atoms with Crippen molar-refractivity contribution in [1.82, 2.24) is 15.5 Å². The van der Waals surface area contributed by atoms with Crippen LogP contribution in [0.5, 0.6) is 11.5 Å². The maximum atomic E-state index is 12.7. The number of rotatable bonds is 2. The van der Waals surface area contributed by atoms with Gasteiger partial charge in [-0.2, -0.15) is 0 Å². The van der Waals surface area contributed by atoms with Gasteiger partial charge in [0, 0.05) is 19.7 Å². The quantitative estimate of drug-likeness (QED) is 0.793. The van der Waals surface area contributed by atoms with Crippen molar-refractivity contribution in [2.45, 2.75) is 18.7 Å². The highest BCUT2D eigenvalue weighted by atomic mass is 32.1. The van der Waals surface area contributed by atoms with Gasteiger partial charge in [0.1, 0.15) is 5.92 Å². The Labute approximate surface area is 134 Å². The highest BCUT2D eigenvalue weighted by molar-refractivity contribution is 7.80. The van der Waals surface area contributed by atoms with E-state index in [4.69, 9.17) is 21.7 Å². The van der Waals surface area contributed by atoms with Crippen molar-refractivity contribution < 1.29 is 14.3 Å². The number of methoxy groups -OCH3 is 1. The van der Waals surface area contributed by atoms with Crippen LogP contribution in [-0.4, -0.2) is 42.8 Å². The molecule has 7 heteroatoms. The highest BCUT2D eigenvalue weighted by Gasteiger charge is 2.55. The molecule has 2 bridgehead atoms. The lowest BCUT2D eigenvalue weighted by Crippen LogP contribution is -2.70. The summed E-state index contributed by atoms with van der Waals surface area (Å²) in [6, 6.07) is 5.39. The summed E-state index contributed by atoms with van der Waals surface area (Å²) >= 11 is 5.27. The Morgan fingerprint density at radius 3 is 2.82 bits per heavy atom. The Morgan fingerprint density at radius 1 is 1.45 bits per heavy atom. The Kier molecular flexibility index (Phi) is 3.40. The third-order valence-corrected chi connectivity index (χ3v) is 4.38. The van der Waals surface area contributed by atoms with E-state index in [9.17, 15) is 4.79 Å². The van der Waals surface area contributed by atoms with E-state index in [1.54, 1.807) is 26.1 Å². The van der Waals surface area contributed by atoms with Gasteiger partial charge in [0.2, 0.25) is 5.91 Å². The van der Waals surface area contributed by atoms with Crippen molar-refractivity contribution in [2.75, 3.05) is 21.2 Å². The minimum absolute atomic E-state index is 0.0246. The molecule has 1 saturated heterocycles. The summed E-state index contributed by atoms with van der Waals surface area (Å²) in [5.41, 5.74) is -0.0448. The average molecular weight is 321 g/mol. The number of thiocarbonyl (C=S) groups is 1. The first-order chi connectivity index (χ1) is 10.4. The number of carbonyl (C=O) groups is 1. The van der Waals surface area contributed by atoms with Crippen LogP contribution < -0.4 is 20.1 Å². The van der Waals surface area contributed by atoms with Crippen molar-refractivity contribution in [3.8, 4) is 11.5 Å². The number of fused-ring (bicyclic) bond motifs is 4. The van der Waals surface area contributed by atoms with Gasteiger partial charge >= 0.3 is 0 Å². The molecular weight excluding hydrogens is 302 g/mol. The van der Waals surface area contributed by atoms with Crippen molar-refractivity contribution in [1.29, 1.82) is 0 Å². The molecule has 118 valence electrons. The van der Waals surface area contributed by atoms with Crippen LogP contribution in [0.4, 0.5) is 0 Å². The van der Waals surface area contributed by atoms with Gasteiger partial charge in [-0.3, -0.25) is 4.79 Å². The summed E-state index contributed by atoms with van der Waals surface area (Å²) in [6.45, 7) is 1.84. The molecule has 2 aliphatic rings. The second-order valence-corrected chi connectivity index (χ2v) is 6.28. The normalized spacial score (nSPS) is 28.6. The summed E-state index contributed by atoms with van der Waals surface area (Å²) in [5, 5.41) is 6.78. The predicted octanol–water partition coefficient (Wildman–Crippen LogP) is 1.03. The largest absolute Gasteiger partial charge is 0.493 e. The number of para-hydroxylation sites is 1. The molecule has 0 aromatic heterocycles. The molecule has 3 atom stereocenters. The Hall–Kier alpha value is -2.02. The minimum atomic E-state index is -0.921. The Bertz CT molecular complexity index is 649. The van der Waals surface area contributed by atoms with Crippen LogP contribution in [0.1, 0.15) is 18.5 Å². The molecule has 1 fully saturated rings. The molecule has 0 aliphatic carbocycles. The van der Waals surface area contributed by atoms with Crippen LogP contribution in [0.3, 0.4) is 0 Å². The first kappa shape index (κ1) is 14.9. The molecule has 2 aliphatic heterocycles. The van der Waals surface area contributed by atoms with Crippen LogP contribution in [0.2, 0.25) is 0 Å². The summed E-state index contributed by atoms with van der Waals surface area (Å²) in [4.78, 5) is 14.3. The highest BCUT2D eigenvalue weighted by Crippen LogP contribution is 2.48. The van der Waals surface area contributed by atoms with Gasteiger partial charge in [0.25, 0.3) is 0 Å². The number of amides is 1. The Morgan fingerprint density at radius 2 is 2.18 bits per heavy atom. The van der Waals surface area contributed by atoms with Crippen LogP contribution in [0.25, 0.3) is 0 Å². The number of nitrogens with zero attached hydrogens (tertiary/aromatic N) is 1. The lowest BCUT2D eigenvalue weighted by atomic mass is 9.79. The van der Waals surface area contributed by atoms with Gasteiger partial charge in [-0.05, 0) is 25.2 Å². The summed E-state index contributed by atoms with van der Waals surface area (Å²) in [6.07, 6.45) is 0. The van der Waals surface area contributed by atoms with Gasteiger partial charge in [-0.1, -0.05) is 12.1 Å². The van der Waals surface area contributed by atoms with Gasteiger partial charge in [0.05, 0.1) is 13.2 Å². The number of benzene rings is 1. The van der Waals surface area contributed by atoms with E-state index in [-0.39, 0.29) is 11.9 Å². The molecule has 3 rings (SSSR count). The smallest absolute Gasteiger partial charge is 0.233 e. The molecule has 0 spiro atoms. The Balaban J connectivity index is 2.16. The van der Waals surface area contributed by atoms with Gasteiger partial charge in [-0.15, -0.1) is 0 Å². The summed E-state index contributed by atoms with van der Waals surface area (Å²) < 4.78 is 11.5. The molecule has 1 aromatic carbocycles. The monoisotopic (exact) mass is 321 g/mol. The van der Waals surface area contributed by atoms with Crippen molar-refractivity contribution in [3.05, 3.63) is 23.8 Å². The van der Waals surface area contributed by atoms with E-state index >= 15 is 0 Å². The first-order valence-electron chi connectivity index (χ1n) is 7.03. The molecule has 1 amide bonds. The average Bonchev–Trinajstić information content (AvgIpc) is 2.44. The fourth-order valence-corrected chi connectivity index (χ4v) is 3.47. The first-order valence-corrected chi connectivity index (χ1v) is 7.44. The van der Waals surface area contributed by atoms with Crippen LogP contribution in [0.15, 0.2) is 18.2 Å². The maximum Gasteiger partial charge on any atom is 0.233 e. The third-order valence-electron chi connectivity index (χ3n) is 4.16. The van der Waals surface area contributed by atoms with E-state index in [1.165, 1.54) is 0 Å². The predicted molar refractivity (Wildman–Crippen MR) is 85.8 cm³/mol. The molecule has 2 N–H and O–H groups in total. The second-order valence-electron chi connectivity index (χ2n) is 5.87. The van der Waals surface area contributed by atoms with Crippen LogP contribution in [-0.2, 0) is 4.79 Å². The van der Waals surface area contributed by atoms with E-state index in [0.717, 1.165) is 5.56 Å². The molecule has 0 radical (unpaired) electrons. The molecule has 1 aromatic rings. The number of carbonyl (C=O) groups excluding carboxylic acids is 1. The summed E-state index contributed by atoms with van der Waals surface area (Å²) in [7, 11) is 5.07. The topological polar surface area (TPSA) is 62.8 Å². The van der Waals surface area contributed by atoms with Gasteiger partial charge < -0.3 is 25.0 Å². The third kappa shape index (κ3) is 2.08. The van der Waals surface area contributed by atoms with Crippen molar-refractivity contribution >= 4 is 23.2 Å². The van der Waals surface area contributed by atoms with Crippen LogP contribution >= 0.6 is 12.2 Å². The van der Waals surface area contributed by atoms with Crippen molar-refractivity contribution in [3.63, 3.8) is 0 Å². The number of ether oxygens (including phenoxy) is 2. The lowest BCUT2D eigenvalue weighted by molar-refractivity contribution is -0.146. The van der Waals surface area contributed by atoms with Gasteiger partial charge in [0.15, 0.2) is 22.3 Å². The summed E-state index contributed by atoms with van der Waals surface area (Å²) in [5.74, 6) is 0.820. The maximum absolute atomic E-state index is 12.7. The van der Waals surface area contributed by atoms with E-state index in [1.807, 2.05) is 25.1 Å². The molecular formula is C15H19N3O3S. The standard InChI is InChI=1S/C15H19N3O3S/c1-15-10(13(19)18(2)3)11(16-14(22)17-15)8-6-5-7-9(20-4)12(8)21-15/h5-7,10-11H,1-4H3,(H2,16,17,22). The molecule has 2 heterocycles. The van der Waals surface area contributed by atoms with Gasteiger partial charge in [-0.25, -0.2) is 0 Å². The molecule has 6 nitrogen and oxygen atoms in total. The minimum Gasteiger partial charge on any atom is -0.493 e. The van der Waals surface area contributed by atoms with E-state index in [0.29, 0.717) is 16.6 Å². The number of hydrogen-bond acceptors (Lipinski definition) is 4. The zero-order valence-electron chi connectivity index (χ0n) is 13.0. The fraction of sp³-hybridized carbons (Fsp3) is 0.467. The fourth-order valence-electron chi connectivity index (χ4n) is 3.14. The zero-order chi connectivity index (χ0) is 16.1. The lowest BCUT2D eigenvalue weighted by Gasteiger charge is -2.51. The SMILES string of the molecule is COc1cccc2c1OC1(C)NC(=S)NC2C1C(=O)N(C)C. The van der Waals surface area contributed by atoms with E-state index in [2.05, 4.69) is 10.6 Å². The van der Waals surface area contributed by atoms with Crippen LogP contribution in [0, 0.1) is 5.92 Å². The zero-order valence-corrected chi connectivity index (χ0v) is 13.8. The van der Waals surface area contributed by atoms with E-state index < -0.39 is 11.6 Å². The van der Waals surface area contributed by atoms with Crippen molar-refractivity contribution in [2.24, 2.45) is 5.92 Å². The second kappa shape index (κ2) is 5.01.